The van der Waals surface area contributed by atoms with Crippen molar-refractivity contribution in [1.29, 1.82) is 0 Å². The van der Waals surface area contributed by atoms with E-state index in [1.165, 1.54) is 31.4 Å². The molecular weight excluding hydrogens is 384 g/mol. The van der Waals surface area contributed by atoms with Crippen LogP contribution in [0.15, 0.2) is 47.4 Å². The quantitative estimate of drug-likeness (QED) is 0.730. The van der Waals surface area contributed by atoms with Crippen molar-refractivity contribution in [3.63, 3.8) is 0 Å². The number of sulfonamides is 1. The molecule has 0 atom stereocenters. The van der Waals surface area contributed by atoms with E-state index >= 15 is 0 Å². The Balaban J connectivity index is 1.87. The smallest absolute Gasteiger partial charge is 0.335 e. The van der Waals surface area contributed by atoms with Gasteiger partial charge in [-0.3, -0.25) is 4.79 Å². The molecule has 0 bridgehead atoms. The maximum atomic E-state index is 12.8. The summed E-state index contributed by atoms with van der Waals surface area (Å²) < 4.78 is 33.3. The lowest BCUT2D eigenvalue weighted by atomic mass is 10.1. The summed E-state index contributed by atoms with van der Waals surface area (Å²) in [5.74, 6) is -0.983. The van der Waals surface area contributed by atoms with Gasteiger partial charge in [-0.2, -0.15) is 0 Å². The number of carbonyl (C=O) groups excluding carboxylic acids is 1. The average Bonchev–Trinajstić information content (AvgIpc) is 3.12. The Kier molecular flexibility index (Phi) is 5.66. The van der Waals surface area contributed by atoms with E-state index in [2.05, 4.69) is 4.72 Å². The molecule has 0 saturated carbocycles. The zero-order chi connectivity index (χ0) is 20.3. The predicted molar refractivity (Wildman–Crippen MR) is 102 cm³/mol. The van der Waals surface area contributed by atoms with Crippen molar-refractivity contribution in [2.75, 3.05) is 18.6 Å². The molecule has 1 saturated heterocycles. The van der Waals surface area contributed by atoms with Crippen LogP contribution in [0.4, 0.5) is 5.69 Å². The normalized spacial score (nSPS) is 14.3. The van der Waals surface area contributed by atoms with Crippen LogP contribution >= 0.6 is 0 Å². The molecule has 0 radical (unpaired) electrons. The topological polar surface area (TPSA) is 113 Å². The largest absolute Gasteiger partial charge is 0.495 e. The SMILES string of the molecule is COc1ccc(N2CCCC2=O)cc1S(=O)(=O)NCc1cccc(C(=O)O)c1. The molecule has 148 valence electrons. The minimum atomic E-state index is -3.96. The van der Waals surface area contributed by atoms with Crippen molar-refractivity contribution >= 4 is 27.6 Å². The number of nitrogens with zero attached hydrogens (tertiary/aromatic N) is 1. The highest BCUT2D eigenvalue weighted by atomic mass is 32.2. The van der Waals surface area contributed by atoms with Gasteiger partial charge in [-0.25, -0.2) is 17.9 Å². The van der Waals surface area contributed by atoms with Gasteiger partial charge in [0.15, 0.2) is 0 Å². The van der Waals surface area contributed by atoms with Crippen LogP contribution in [0, 0.1) is 0 Å². The van der Waals surface area contributed by atoms with Crippen LogP contribution in [-0.2, 0) is 21.4 Å². The number of rotatable bonds is 7. The molecule has 2 aromatic rings. The van der Waals surface area contributed by atoms with Gasteiger partial charge in [0.05, 0.1) is 12.7 Å². The lowest BCUT2D eigenvalue weighted by Gasteiger charge is -2.18. The molecule has 3 rings (SSSR count). The fourth-order valence-electron chi connectivity index (χ4n) is 3.03. The molecule has 0 spiro atoms. The van der Waals surface area contributed by atoms with E-state index in [4.69, 9.17) is 9.84 Å². The summed E-state index contributed by atoms with van der Waals surface area (Å²) in [5.41, 5.74) is 1.08. The lowest BCUT2D eigenvalue weighted by molar-refractivity contribution is -0.117. The highest BCUT2D eigenvalue weighted by Gasteiger charge is 2.26. The molecule has 2 aromatic carbocycles. The summed E-state index contributed by atoms with van der Waals surface area (Å²) in [5, 5.41) is 9.05. The molecule has 1 heterocycles. The van der Waals surface area contributed by atoms with Crippen molar-refractivity contribution in [3.8, 4) is 5.75 Å². The monoisotopic (exact) mass is 404 g/mol. The summed E-state index contributed by atoms with van der Waals surface area (Å²) in [4.78, 5) is 24.5. The number of aromatic carboxylic acids is 1. The van der Waals surface area contributed by atoms with E-state index < -0.39 is 16.0 Å². The maximum Gasteiger partial charge on any atom is 0.335 e. The summed E-state index contributed by atoms with van der Waals surface area (Å²) >= 11 is 0. The first-order valence-electron chi connectivity index (χ1n) is 8.62. The fourth-order valence-corrected chi connectivity index (χ4v) is 4.24. The van der Waals surface area contributed by atoms with Crippen molar-refractivity contribution in [2.24, 2.45) is 0 Å². The predicted octanol–water partition coefficient (Wildman–Crippen LogP) is 2.00. The average molecular weight is 404 g/mol. The zero-order valence-corrected chi connectivity index (χ0v) is 16.0. The number of hydrogen-bond donors (Lipinski definition) is 2. The molecule has 0 unspecified atom stereocenters. The highest BCUT2D eigenvalue weighted by molar-refractivity contribution is 7.89. The highest BCUT2D eigenvalue weighted by Crippen LogP contribution is 2.31. The van der Waals surface area contributed by atoms with Gasteiger partial charge in [-0.1, -0.05) is 12.1 Å². The van der Waals surface area contributed by atoms with E-state index in [1.54, 1.807) is 23.1 Å². The summed E-state index contributed by atoms with van der Waals surface area (Å²) in [7, 11) is -2.60. The van der Waals surface area contributed by atoms with Crippen LogP contribution in [0.5, 0.6) is 5.75 Å². The second kappa shape index (κ2) is 7.99. The van der Waals surface area contributed by atoms with Gasteiger partial charge >= 0.3 is 5.97 Å². The number of carboxylic acids is 1. The Morgan fingerprint density at radius 3 is 2.68 bits per heavy atom. The molecule has 9 heteroatoms. The fraction of sp³-hybridized carbons (Fsp3) is 0.263. The molecule has 0 aliphatic carbocycles. The van der Waals surface area contributed by atoms with Crippen LogP contribution in [0.2, 0.25) is 0 Å². The van der Waals surface area contributed by atoms with Crippen molar-refractivity contribution in [1.82, 2.24) is 4.72 Å². The Morgan fingerprint density at radius 2 is 2.04 bits per heavy atom. The third-order valence-electron chi connectivity index (χ3n) is 4.46. The van der Waals surface area contributed by atoms with Gasteiger partial charge in [0.25, 0.3) is 0 Å². The molecule has 1 fully saturated rings. The number of carboxylic acid groups (broad SMARTS) is 1. The summed E-state index contributed by atoms with van der Waals surface area (Å²) in [6.45, 7) is 0.458. The van der Waals surface area contributed by atoms with Gasteiger partial charge in [-0.05, 0) is 42.3 Å². The van der Waals surface area contributed by atoms with Crippen LogP contribution in [0.3, 0.4) is 0 Å². The third kappa shape index (κ3) is 4.15. The van der Waals surface area contributed by atoms with Gasteiger partial charge < -0.3 is 14.7 Å². The molecule has 1 amide bonds. The van der Waals surface area contributed by atoms with Crippen LogP contribution in [0.25, 0.3) is 0 Å². The summed E-state index contributed by atoms with van der Waals surface area (Å²) in [6.07, 6.45) is 1.16. The Labute approximate surface area is 162 Å². The van der Waals surface area contributed by atoms with Gasteiger partial charge in [-0.15, -0.1) is 0 Å². The lowest BCUT2D eigenvalue weighted by Crippen LogP contribution is -2.26. The molecule has 1 aliphatic rings. The third-order valence-corrected chi connectivity index (χ3v) is 5.88. The maximum absolute atomic E-state index is 12.8. The first-order chi connectivity index (χ1) is 13.3. The standard InChI is InChI=1S/C19H20N2O6S/c1-27-16-8-7-15(21-9-3-6-18(21)22)11-17(16)28(25,26)20-12-13-4-2-5-14(10-13)19(23)24/h2,4-5,7-8,10-11,20H,3,6,9,12H2,1H3,(H,23,24). The molecule has 8 nitrogen and oxygen atoms in total. The van der Waals surface area contributed by atoms with E-state index in [0.29, 0.717) is 24.2 Å². The van der Waals surface area contributed by atoms with Crippen LogP contribution < -0.4 is 14.4 Å². The zero-order valence-electron chi connectivity index (χ0n) is 15.2. The van der Waals surface area contributed by atoms with E-state index in [0.717, 1.165) is 6.42 Å². The summed E-state index contributed by atoms with van der Waals surface area (Å²) in [6, 6.07) is 10.6. The van der Waals surface area contributed by atoms with E-state index in [9.17, 15) is 18.0 Å². The minimum Gasteiger partial charge on any atom is -0.495 e. The number of amides is 1. The van der Waals surface area contributed by atoms with Crippen LogP contribution in [0.1, 0.15) is 28.8 Å². The molecular formula is C19H20N2O6S. The number of hydrogen-bond acceptors (Lipinski definition) is 5. The second-order valence-electron chi connectivity index (χ2n) is 6.31. The van der Waals surface area contributed by atoms with Gasteiger partial charge in [0.1, 0.15) is 10.6 Å². The number of ether oxygens (including phenoxy) is 1. The first kappa shape index (κ1) is 19.8. The number of nitrogens with one attached hydrogen (secondary N) is 1. The number of carbonyl (C=O) groups is 2. The second-order valence-corrected chi connectivity index (χ2v) is 8.05. The Bertz CT molecular complexity index is 1020. The van der Waals surface area contributed by atoms with E-state index in [-0.39, 0.29) is 28.7 Å². The van der Waals surface area contributed by atoms with Crippen molar-refractivity contribution in [2.45, 2.75) is 24.3 Å². The molecule has 0 aromatic heterocycles. The first-order valence-corrected chi connectivity index (χ1v) is 10.1. The van der Waals surface area contributed by atoms with Gasteiger partial charge in [0.2, 0.25) is 15.9 Å². The Morgan fingerprint density at radius 1 is 1.25 bits per heavy atom. The molecule has 1 aliphatic heterocycles. The van der Waals surface area contributed by atoms with E-state index in [1.807, 2.05) is 0 Å². The molecule has 28 heavy (non-hydrogen) atoms. The minimum absolute atomic E-state index is 0.0491. The van der Waals surface area contributed by atoms with Gasteiger partial charge in [0, 0.05) is 25.2 Å². The number of methoxy groups -OCH3 is 1. The number of anilines is 1. The molecule has 2 N–H and O–H groups in total. The number of benzene rings is 2. The van der Waals surface area contributed by atoms with Crippen molar-refractivity contribution in [3.05, 3.63) is 53.6 Å². The van der Waals surface area contributed by atoms with Crippen LogP contribution in [-0.4, -0.2) is 39.1 Å². The van der Waals surface area contributed by atoms with Crippen molar-refractivity contribution < 1.29 is 27.9 Å². The Hall–Kier alpha value is -2.91.